The van der Waals surface area contributed by atoms with Crippen LogP contribution in [0.15, 0.2) is 206 Å². The molecule has 0 bridgehead atoms. The van der Waals surface area contributed by atoms with Gasteiger partial charge in [0, 0.05) is 16.7 Å². The molecule has 1 aromatic heterocycles. The molecule has 0 unspecified atom stereocenters. The van der Waals surface area contributed by atoms with Crippen molar-refractivity contribution in [3.63, 3.8) is 0 Å². The third-order valence-corrected chi connectivity index (χ3v) is 10.6. The molecule has 9 rings (SSSR count). The number of rotatable bonds is 8. The highest BCUT2D eigenvalue weighted by Gasteiger charge is 2.15. The van der Waals surface area contributed by atoms with Crippen LogP contribution in [-0.4, -0.2) is 9.97 Å². The minimum absolute atomic E-state index is 0.668. The van der Waals surface area contributed by atoms with E-state index < -0.39 is 0 Å². The molecule has 56 heavy (non-hydrogen) atoms. The Morgan fingerprint density at radius 2 is 0.929 bits per heavy atom. The van der Waals surface area contributed by atoms with Crippen molar-refractivity contribution in [3.8, 4) is 44.9 Å². The lowest BCUT2D eigenvalue weighted by molar-refractivity contribution is 1.15. The zero-order chi connectivity index (χ0) is 38.0. The highest BCUT2D eigenvalue weighted by Crippen LogP contribution is 2.38. The number of hydrogen-bond donors (Lipinski definition) is 0. The van der Waals surface area contributed by atoms with E-state index in [-0.39, 0.29) is 0 Å². The van der Waals surface area contributed by atoms with Crippen molar-refractivity contribution >= 4 is 43.5 Å². The van der Waals surface area contributed by atoms with Gasteiger partial charge >= 0.3 is 0 Å². The van der Waals surface area contributed by atoms with Crippen LogP contribution in [0.1, 0.15) is 25.1 Å². The summed E-state index contributed by atoms with van der Waals surface area (Å²) in [6, 6.07) is 64.6. The quantitative estimate of drug-likeness (QED) is 0.116. The molecule has 0 N–H and O–H groups in total. The van der Waals surface area contributed by atoms with Crippen molar-refractivity contribution < 1.29 is 0 Å². The number of nitrogens with zero attached hydrogens (tertiary/aromatic N) is 2. The first-order chi connectivity index (χ1) is 27.5. The van der Waals surface area contributed by atoms with Crippen LogP contribution in [0.5, 0.6) is 0 Å². The number of benzene rings is 8. The van der Waals surface area contributed by atoms with E-state index in [0.717, 1.165) is 55.9 Å². The molecule has 266 valence electrons. The van der Waals surface area contributed by atoms with Crippen LogP contribution in [-0.2, 0) is 0 Å². The monoisotopic (exact) mass is 716 g/mol. The maximum absolute atomic E-state index is 5.24. The van der Waals surface area contributed by atoms with E-state index in [1.807, 2.05) is 31.2 Å². The number of fused-ring (bicyclic) bond motifs is 6. The first-order valence-corrected chi connectivity index (χ1v) is 19.1. The summed E-state index contributed by atoms with van der Waals surface area (Å²) >= 11 is 0. The molecule has 0 aliphatic heterocycles. The van der Waals surface area contributed by atoms with E-state index in [2.05, 4.69) is 183 Å². The standard InChI is InChI=1S/C54H40N2/c1-4-37(38-17-7-5-8-18-38)33-50(36(2)3)53-35-52(39-19-9-6-10-20-39)55-54(56-53)44-24-16-23-42(32-44)40-21-15-22-41(31-40)43-29-30-49-47-27-12-11-25-45(47)46-26-13-14-28-48(46)51(49)34-43/h4-35H,2H2,1,3H3/b37-4+,50-33+. The minimum atomic E-state index is 0.668. The summed E-state index contributed by atoms with van der Waals surface area (Å²) in [4.78, 5) is 10.4. The van der Waals surface area contributed by atoms with E-state index in [4.69, 9.17) is 9.97 Å². The zero-order valence-electron chi connectivity index (χ0n) is 31.6. The van der Waals surface area contributed by atoms with Gasteiger partial charge in [-0.25, -0.2) is 9.97 Å². The molecule has 0 amide bonds. The van der Waals surface area contributed by atoms with Crippen molar-refractivity contribution in [1.29, 1.82) is 0 Å². The van der Waals surface area contributed by atoms with Crippen molar-refractivity contribution in [2.75, 3.05) is 0 Å². The normalized spacial score (nSPS) is 12.0. The van der Waals surface area contributed by atoms with Crippen LogP contribution >= 0.6 is 0 Å². The lowest BCUT2D eigenvalue weighted by Gasteiger charge is -2.14. The Hall–Kier alpha value is -7.16. The molecule has 0 atom stereocenters. The van der Waals surface area contributed by atoms with Gasteiger partial charge in [0.05, 0.1) is 11.4 Å². The van der Waals surface area contributed by atoms with Crippen LogP contribution in [0.25, 0.3) is 88.4 Å². The van der Waals surface area contributed by atoms with Gasteiger partial charge in [-0.15, -0.1) is 0 Å². The third-order valence-electron chi connectivity index (χ3n) is 10.6. The van der Waals surface area contributed by atoms with Gasteiger partial charge in [0.1, 0.15) is 0 Å². The van der Waals surface area contributed by atoms with E-state index in [9.17, 15) is 0 Å². The Morgan fingerprint density at radius 1 is 0.446 bits per heavy atom. The number of aromatic nitrogens is 2. The molecule has 2 nitrogen and oxygen atoms in total. The van der Waals surface area contributed by atoms with Crippen LogP contribution in [0.4, 0.5) is 0 Å². The summed E-state index contributed by atoms with van der Waals surface area (Å²) in [7, 11) is 0. The number of allylic oxidation sites excluding steroid dienone is 5. The fourth-order valence-electron chi connectivity index (χ4n) is 7.81. The van der Waals surface area contributed by atoms with Gasteiger partial charge in [-0.05, 0) is 115 Å². The molecule has 0 spiro atoms. The molecule has 0 aliphatic rings. The molecular formula is C54H40N2. The average Bonchev–Trinajstić information content (AvgIpc) is 3.27. The first-order valence-electron chi connectivity index (χ1n) is 19.1. The lowest BCUT2D eigenvalue weighted by atomic mass is 9.91. The number of hydrogen-bond acceptors (Lipinski definition) is 2. The summed E-state index contributed by atoms with van der Waals surface area (Å²) in [5.41, 5.74) is 12.4. The summed E-state index contributed by atoms with van der Waals surface area (Å²) in [6.07, 6.45) is 4.33. The Balaban J connectivity index is 1.13. The predicted octanol–water partition coefficient (Wildman–Crippen LogP) is 14.7. The van der Waals surface area contributed by atoms with Crippen molar-refractivity contribution in [1.82, 2.24) is 9.97 Å². The molecule has 0 saturated carbocycles. The molecule has 8 aromatic carbocycles. The molecule has 0 radical (unpaired) electrons. The van der Waals surface area contributed by atoms with E-state index in [1.54, 1.807) is 0 Å². The van der Waals surface area contributed by atoms with Gasteiger partial charge in [-0.2, -0.15) is 0 Å². The van der Waals surface area contributed by atoms with E-state index in [1.165, 1.54) is 43.4 Å². The zero-order valence-corrected chi connectivity index (χ0v) is 31.6. The third kappa shape index (κ3) is 6.63. The maximum atomic E-state index is 5.24. The Kier molecular flexibility index (Phi) is 9.23. The highest BCUT2D eigenvalue weighted by atomic mass is 14.9. The van der Waals surface area contributed by atoms with Gasteiger partial charge in [0.15, 0.2) is 5.82 Å². The molecule has 0 aliphatic carbocycles. The SMILES string of the molecule is C=C(C)/C(=C\C(=C/C)c1ccccc1)c1cc(-c2ccccc2)nc(-c2cccc(-c3cccc(-c4ccc5c6ccccc6c6ccccc6c5c4)c3)c2)n1. The molecule has 9 aromatic rings. The molecule has 1 heterocycles. The Morgan fingerprint density at radius 3 is 1.52 bits per heavy atom. The summed E-state index contributed by atoms with van der Waals surface area (Å²) in [5, 5.41) is 7.67. The van der Waals surface area contributed by atoms with Crippen molar-refractivity contribution in [2.24, 2.45) is 0 Å². The smallest absolute Gasteiger partial charge is 0.160 e. The fourth-order valence-corrected chi connectivity index (χ4v) is 7.81. The lowest BCUT2D eigenvalue weighted by Crippen LogP contribution is -2.00. The van der Waals surface area contributed by atoms with Crippen LogP contribution < -0.4 is 0 Å². The molecule has 0 fully saturated rings. The molecule has 0 saturated heterocycles. The molecule has 2 heteroatoms. The summed E-state index contributed by atoms with van der Waals surface area (Å²) in [6.45, 7) is 8.51. The van der Waals surface area contributed by atoms with Crippen LogP contribution in [0.3, 0.4) is 0 Å². The average molecular weight is 717 g/mol. The maximum Gasteiger partial charge on any atom is 0.160 e. The highest BCUT2D eigenvalue weighted by molar-refractivity contribution is 6.25. The Bertz CT molecular complexity index is 2950. The van der Waals surface area contributed by atoms with Crippen LogP contribution in [0, 0.1) is 0 Å². The summed E-state index contributed by atoms with van der Waals surface area (Å²) in [5.74, 6) is 0.668. The summed E-state index contributed by atoms with van der Waals surface area (Å²) < 4.78 is 0. The largest absolute Gasteiger partial charge is 0.228 e. The van der Waals surface area contributed by atoms with Crippen molar-refractivity contribution in [3.05, 3.63) is 218 Å². The predicted molar refractivity (Wildman–Crippen MR) is 239 cm³/mol. The van der Waals surface area contributed by atoms with Gasteiger partial charge < -0.3 is 0 Å². The topological polar surface area (TPSA) is 25.8 Å². The second kappa shape index (κ2) is 14.9. The molecular weight excluding hydrogens is 677 g/mol. The van der Waals surface area contributed by atoms with Gasteiger partial charge in [-0.3, -0.25) is 0 Å². The second-order valence-corrected chi connectivity index (χ2v) is 14.3. The second-order valence-electron chi connectivity index (χ2n) is 14.3. The van der Waals surface area contributed by atoms with Crippen molar-refractivity contribution in [2.45, 2.75) is 13.8 Å². The van der Waals surface area contributed by atoms with Gasteiger partial charge in [-0.1, -0.05) is 170 Å². The minimum Gasteiger partial charge on any atom is -0.228 e. The fraction of sp³-hybridized carbons (Fsp3) is 0.0370. The van der Waals surface area contributed by atoms with Crippen LogP contribution in [0.2, 0.25) is 0 Å². The van der Waals surface area contributed by atoms with E-state index >= 15 is 0 Å². The van der Waals surface area contributed by atoms with Gasteiger partial charge in [0.2, 0.25) is 0 Å². The van der Waals surface area contributed by atoms with E-state index in [0.29, 0.717) is 5.82 Å². The first kappa shape index (κ1) is 34.6. The Labute approximate surface area is 328 Å². The van der Waals surface area contributed by atoms with Gasteiger partial charge in [0.25, 0.3) is 0 Å².